The van der Waals surface area contributed by atoms with Crippen LogP contribution in [0.15, 0.2) is 36.9 Å². The topological polar surface area (TPSA) is 71.2 Å². The van der Waals surface area contributed by atoms with Crippen molar-refractivity contribution in [1.29, 1.82) is 0 Å². The number of amides is 1. The van der Waals surface area contributed by atoms with Crippen molar-refractivity contribution in [2.75, 3.05) is 13.1 Å². The van der Waals surface area contributed by atoms with Gasteiger partial charge in [-0.2, -0.15) is 18.3 Å². The Labute approximate surface area is 141 Å². The van der Waals surface area contributed by atoms with Crippen LogP contribution in [0.5, 0.6) is 0 Å². The fourth-order valence-electron chi connectivity index (χ4n) is 2.97. The molecule has 25 heavy (non-hydrogen) atoms. The van der Waals surface area contributed by atoms with E-state index in [-0.39, 0.29) is 19.5 Å². The van der Waals surface area contributed by atoms with E-state index in [1.54, 1.807) is 24.3 Å². The maximum atomic E-state index is 13.1. The summed E-state index contributed by atoms with van der Waals surface area (Å²) in [5.74, 6) is -0.530. The SMILES string of the molecule is O=C(c1ccccc1Cn1cncn1)N1CCCC(O)(C(F)(F)F)C1. The molecule has 6 nitrogen and oxygen atoms in total. The number of benzene rings is 1. The van der Waals surface area contributed by atoms with Crippen molar-refractivity contribution >= 4 is 5.91 Å². The fourth-order valence-corrected chi connectivity index (χ4v) is 2.97. The molecule has 1 unspecified atom stereocenters. The van der Waals surface area contributed by atoms with Gasteiger partial charge in [0.1, 0.15) is 12.7 Å². The number of alkyl halides is 3. The Balaban J connectivity index is 1.84. The van der Waals surface area contributed by atoms with Crippen molar-refractivity contribution in [2.24, 2.45) is 0 Å². The molecule has 2 heterocycles. The van der Waals surface area contributed by atoms with Crippen LogP contribution in [-0.2, 0) is 6.54 Å². The Morgan fingerprint density at radius 1 is 1.32 bits per heavy atom. The summed E-state index contributed by atoms with van der Waals surface area (Å²) in [6.07, 6.45) is -2.23. The number of nitrogens with zero attached hydrogens (tertiary/aromatic N) is 4. The first-order chi connectivity index (χ1) is 11.8. The first kappa shape index (κ1) is 17.4. The van der Waals surface area contributed by atoms with Crippen molar-refractivity contribution < 1.29 is 23.1 Å². The molecule has 0 spiro atoms. The molecule has 1 atom stereocenters. The molecule has 134 valence electrons. The predicted molar refractivity (Wildman–Crippen MR) is 81.7 cm³/mol. The fraction of sp³-hybridized carbons (Fsp3) is 0.438. The molecule has 9 heteroatoms. The second-order valence-corrected chi connectivity index (χ2v) is 6.11. The lowest BCUT2D eigenvalue weighted by Gasteiger charge is -2.40. The molecule has 0 bridgehead atoms. The normalized spacial score (nSPS) is 21.4. The summed E-state index contributed by atoms with van der Waals surface area (Å²) < 4.78 is 40.8. The first-order valence-electron chi connectivity index (χ1n) is 7.79. The Bertz CT molecular complexity index is 748. The van der Waals surface area contributed by atoms with Gasteiger partial charge < -0.3 is 10.0 Å². The lowest BCUT2D eigenvalue weighted by atomic mass is 9.91. The van der Waals surface area contributed by atoms with Crippen molar-refractivity contribution in [2.45, 2.75) is 31.2 Å². The smallest absolute Gasteiger partial charge is 0.379 e. The Morgan fingerprint density at radius 2 is 2.08 bits per heavy atom. The van der Waals surface area contributed by atoms with E-state index in [4.69, 9.17) is 0 Å². The summed E-state index contributed by atoms with van der Waals surface area (Å²) in [5.41, 5.74) is -1.94. The molecule has 1 aromatic carbocycles. The van der Waals surface area contributed by atoms with Crippen molar-refractivity contribution in [3.63, 3.8) is 0 Å². The quantitative estimate of drug-likeness (QED) is 0.913. The van der Waals surface area contributed by atoms with Gasteiger partial charge in [0, 0.05) is 12.1 Å². The number of β-amino-alcohol motifs (C(OH)–C–C–N with tert-alkyl or cyclic N) is 1. The number of carbonyl (C=O) groups is 1. The average Bonchev–Trinajstić information content (AvgIpc) is 3.07. The van der Waals surface area contributed by atoms with Crippen LogP contribution in [-0.4, -0.2) is 55.5 Å². The number of hydrogen-bond donors (Lipinski definition) is 1. The summed E-state index contributed by atoms with van der Waals surface area (Å²) in [5, 5.41) is 13.9. The molecule has 2 aromatic rings. The molecule has 0 aliphatic carbocycles. The van der Waals surface area contributed by atoms with Crippen molar-refractivity contribution in [1.82, 2.24) is 19.7 Å². The van der Waals surface area contributed by atoms with Gasteiger partial charge in [-0.1, -0.05) is 18.2 Å². The number of hydrogen-bond acceptors (Lipinski definition) is 4. The van der Waals surface area contributed by atoms with Crippen LogP contribution in [0.1, 0.15) is 28.8 Å². The second-order valence-electron chi connectivity index (χ2n) is 6.11. The number of aromatic nitrogens is 3. The molecule has 1 saturated heterocycles. The van der Waals surface area contributed by atoms with E-state index in [1.165, 1.54) is 17.3 Å². The molecular weight excluding hydrogens is 337 g/mol. The average molecular weight is 354 g/mol. The third-order valence-electron chi connectivity index (χ3n) is 4.33. The third kappa shape index (κ3) is 3.51. The number of piperidine rings is 1. The van der Waals surface area contributed by atoms with E-state index in [0.717, 1.165) is 4.90 Å². The molecule has 1 N–H and O–H groups in total. The van der Waals surface area contributed by atoms with Gasteiger partial charge in [-0.3, -0.25) is 4.79 Å². The second kappa shape index (κ2) is 6.47. The van der Waals surface area contributed by atoms with Crippen molar-refractivity contribution in [3.8, 4) is 0 Å². The summed E-state index contributed by atoms with van der Waals surface area (Å²) in [4.78, 5) is 17.7. The molecule has 1 aliphatic heterocycles. The van der Waals surface area contributed by atoms with Crippen LogP contribution >= 0.6 is 0 Å². The zero-order valence-electron chi connectivity index (χ0n) is 13.3. The minimum atomic E-state index is -4.77. The highest BCUT2D eigenvalue weighted by molar-refractivity contribution is 5.95. The summed E-state index contributed by atoms with van der Waals surface area (Å²) in [6, 6.07) is 6.67. The maximum absolute atomic E-state index is 13.1. The molecular formula is C16H17F3N4O2. The van der Waals surface area contributed by atoms with Crippen LogP contribution in [0, 0.1) is 0 Å². The van der Waals surface area contributed by atoms with Crippen LogP contribution in [0.3, 0.4) is 0 Å². The molecule has 1 amide bonds. The highest BCUT2D eigenvalue weighted by Crippen LogP contribution is 2.37. The van der Waals surface area contributed by atoms with Crippen LogP contribution in [0.25, 0.3) is 0 Å². The van der Waals surface area contributed by atoms with Gasteiger partial charge in [0.2, 0.25) is 0 Å². The monoisotopic (exact) mass is 354 g/mol. The zero-order valence-corrected chi connectivity index (χ0v) is 13.3. The minimum absolute atomic E-state index is 0.0903. The Kier molecular flexibility index (Phi) is 4.51. The molecule has 0 radical (unpaired) electrons. The standard InChI is InChI=1S/C16H17F3N4O2/c17-16(18,19)15(25)6-3-7-22(9-15)14(24)13-5-2-1-4-12(13)8-23-11-20-10-21-23/h1-2,4-5,10-11,25H,3,6-9H2. The van der Waals surface area contributed by atoms with Gasteiger partial charge >= 0.3 is 6.18 Å². The van der Waals surface area contributed by atoms with Gasteiger partial charge in [-0.05, 0) is 24.5 Å². The Morgan fingerprint density at radius 3 is 2.76 bits per heavy atom. The van der Waals surface area contributed by atoms with Gasteiger partial charge in [0.15, 0.2) is 5.60 Å². The van der Waals surface area contributed by atoms with Gasteiger partial charge in [-0.25, -0.2) is 9.67 Å². The van der Waals surface area contributed by atoms with E-state index in [1.807, 2.05) is 0 Å². The summed E-state index contributed by atoms with van der Waals surface area (Å²) >= 11 is 0. The number of likely N-dealkylation sites (tertiary alicyclic amines) is 1. The van der Waals surface area contributed by atoms with E-state index in [0.29, 0.717) is 11.1 Å². The summed E-state index contributed by atoms with van der Waals surface area (Å²) in [7, 11) is 0. The van der Waals surface area contributed by atoms with Crippen molar-refractivity contribution in [3.05, 3.63) is 48.0 Å². The van der Waals surface area contributed by atoms with Crippen LogP contribution < -0.4 is 0 Å². The molecule has 1 aliphatic rings. The zero-order chi connectivity index (χ0) is 18.1. The third-order valence-corrected chi connectivity index (χ3v) is 4.33. The number of aliphatic hydroxyl groups is 1. The van der Waals surface area contributed by atoms with E-state index in [2.05, 4.69) is 10.1 Å². The van der Waals surface area contributed by atoms with E-state index in [9.17, 15) is 23.1 Å². The number of halogens is 3. The minimum Gasteiger partial charge on any atom is -0.379 e. The molecule has 0 saturated carbocycles. The lowest BCUT2D eigenvalue weighted by molar-refractivity contribution is -0.271. The number of rotatable bonds is 3. The molecule has 3 rings (SSSR count). The Hall–Kier alpha value is -2.42. The highest BCUT2D eigenvalue weighted by Gasteiger charge is 2.56. The first-order valence-corrected chi connectivity index (χ1v) is 7.79. The van der Waals surface area contributed by atoms with Crippen LogP contribution in [0.4, 0.5) is 13.2 Å². The highest BCUT2D eigenvalue weighted by atomic mass is 19.4. The van der Waals surface area contributed by atoms with E-state index >= 15 is 0 Å². The summed E-state index contributed by atoms with van der Waals surface area (Å²) in [6.45, 7) is -0.304. The largest absolute Gasteiger partial charge is 0.418 e. The molecule has 1 fully saturated rings. The van der Waals surface area contributed by atoms with Gasteiger partial charge in [-0.15, -0.1) is 0 Å². The van der Waals surface area contributed by atoms with Crippen LogP contribution in [0.2, 0.25) is 0 Å². The number of carbonyl (C=O) groups excluding carboxylic acids is 1. The van der Waals surface area contributed by atoms with E-state index < -0.39 is 30.7 Å². The molecule has 1 aromatic heterocycles. The maximum Gasteiger partial charge on any atom is 0.418 e. The van der Waals surface area contributed by atoms with Gasteiger partial charge in [0.25, 0.3) is 5.91 Å². The predicted octanol–water partition coefficient (Wildman–Crippen LogP) is 1.86. The van der Waals surface area contributed by atoms with Gasteiger partial charge in [0.05, 0.1) is 13.1 Å². The lowest BCUT2D eigenvalue weighted by Crippen LogP contribution is -2.58.